The smallest absolute Gasteiger partial charge is 0.246 e. The van der Waals surface area contributed by atoms with Gasteiger partial charge in [0.25, 0.3) is 0 Å². The van der Waals surface area contributed by atoms with E-state index in [9.17, 15) is 14.3 Å². The zero-order valence-electron chi connectivity index (χ0n) is 26.0. The molecule has 10 nitrogen and oxygen atoms in total. The molecule has 0 bridgehead atoms. The number of benzene rings is 1. The summed E-state index contributed by atoms with van der Waals surface area (Å²) in [7, 11) is 1.52. The molecule has 5 heterocycles. The number of thiophene rings is 1. The van der Waals surface area contributed by atoms with E-state index in [1.807, 2.05) is 29.1 Å². The van der Waals surface area contributed by atoms with Gasteiger partial charge in [-0.05, 0) is 44.4 Å². The second-order valence-electron chi connectivity index (χ2n) is 11.9. The number of rotatable bonds is 10. The third-order valence-electron chi connectivity index (χ3n) is 7.67. The molecule has 1 atom stereocenters. The molecule has 1 aliphatic heterocycles. The quantitative estimate of drug-likeness (QED) is 0.150. The van der Waals surface area contributed by atoms with Gasteiger partial charge in [-0.1, -0.05) is 6.58 Å². The van der Waals surface area contributed by atoms with Gasteiger partial charge in [0.1, 0.15) is 35.4 Å². The number of carbonyl (C=O) groups excluding carboxylic acids is 1. The molecule has 0 saturated carbocycles. The summed E-state index contributed by atoms with van der Waals surface area (Å²) in [5, 5.41) is 22.4. The van der Waals surface area contributed by atoms with Crippen LogP contribution in [-0.4, -0.2) is 72.9 Å². The summed E-state index contributed by atoms with van der Waals surface area (Å²) in [6, 6.07) is 5.58. The maximum absolute atomic E-state index is 16.0. The van der Waals surface area contributed by atoms with Gasteiger partial charge in [0.15, 0.2) is 0 Å². The Morgan fingerprint density at radius 3 is 2.76 bits per heavy atom. The van der Waals surface area contributed by atoms with Gasteiger partial charge in [-0.25, -0.2) is 13.8 Å². The Balaban J connectivity index is 1.60. The highest BCUT2D eigenvalue weighted by molar-refractivity contribution is 7.18. The van der Waals surface area contributed by atoms with Crippen molar-refractivity contribution in [1.29, 1.82) is 0 Å². The van der Waals surface area contributed by atoms with Crippen molar-refractivity contribution in [2.75, 3.05) is 26.9 Å². The molecule has 0 spiro atoms. The molecule has 0 saturated heterocycles. The number of aromatic nitrogens is 5. The molecule has 0 aliphatic carbocycles. The lowest BCUT2D eigenvalue weighted by molar-refractivity contribution is -0.127. The average molecular weight is 649 g/mol. The standard InChI is InChI=1S/C33H34F2N6O4S/c1-6-27(42)39-15-19(2)41-22(17-39)13-25(38-41)31-29(28-24(35)11-21(34)12-26(28)45-9-8-44-5)32-23(7-10-46-32)30(37-31)20-14-36-40(16-20)18-33(3,4)43/h6-7,10-14,16,19,43H,1,8-9,15,17-18H2,2-5H3. The van der Waals surface area contributed by atoms with E-state index in [0.29, 0.717) is 46.0 Å². The first-order valence-corrected chi connectivity index (χ1v) is 15.6. The lowest BCUT2D eigenvalue weighted by atomic mass is 9.97. The summed E-state index contributed by atoms with van der Waals surface area (Å²) in [5.74, 6) is -1.76. The SMILES string of the molecule is C=CC(=O)N1Cc2cc(-c3nc(-c4cnn(CC(C)(C)O)c4)c4ccsc4c3-c3c(F)cc(F)cc3OCCOC)nn2C(C)C1. The van der Waals surface area contributed by atoms with Gasteiger partial charge in [0.05, 0.1) is 54.5 Å². The van der Waals surface area contributed by atoms with Gasteiger partial charge in [-0.15, -0.1) is 11.3 Å². The highest BCUT2D eigenvalue weighted by atomic mass is 32.1. The zero-order valence-corrected chi connectivity index (χ0v) is 26.8. The zero-order chi connectivity index (χ0) is 32.7. The molecular weight excluding hydrogens is 614 g/mol. The maximum Gasteiger partial charge on any atom is 0.246 e. The summed E-state index contributed by atoms with van der Waals surface area (Å²) < 4.78 is 45.8. The van der Waals surface area contributed by atoms with Gasteiger partial charge < -0.3 is 19.5 Å². The topological polar surface area (TPSA) is 108 Å². The van der Waals surface area contributed by atoms with Crippen LogP contribution in [0, 0.1) is 11.6 Å². The van der Waals surface area contributed by atoms with Gasteiger partial charge in [-0.3, -0.25) is 14.2 Å². The third-order valence-corrected chi connectivity index (χ3v) is 8.61. The Labute approximate surface area is 268 Å². The number of aliphatic hydroxyl groups is 1. The second kappa shape index (κ2) is 12.4. The molecule has 1 unspecified atom stereocenters. The van der Waals surface area contributed by atoms with Crippen LogP contribution in [-0.2, 0) is 22.6 Å². The normalized spacial score (nSPS) is 14.9. The lowest BCUT2D eigenvalue weighted by Gasteiger charge is -2.31. The molecule has 5 aromatic rings. The Bertz CT molecular complexity index is 1940. The predicted molar refractivity (Wildman–Crippen MR) is 171 cm³/mol. The van der Waals surface area contributed by atoms with E-state index in [4.69, 9.17) is 19.6 Å². The van der Waals surface area contributed by atoms with E-state index in [-0.39, 0.29) is 43.0 Å². The van der Waals surface area contributed by atoms with Crippen LogP contribution < -0.4 is 4.74 Å². The van der Waals surface area contributed by atoms with Crippen LogP contribution in [0.5, 0.6) is 5.75 Å². The van der Waals surface area contributed by atoms with Crippen molar-refractivity contribution in [3.8, 4) is 39.5 Å². The third kappa shape index (κ3) is 6.05. The molecule has 1 aromatic carbocycles. The molecular formula is C33H34F2N6O4S. The van der Waals surface area contributed by atoms with Gasteiger partial charge in [0, 0.05) is 53.2 Å². The fraction of sp³-hybridized carbons (Fsp3) is 0.333. The lowest BCUT2D eigenvalue weighted by Crippen LogP contribution is -2.39. The monoisotopic (exact) mass is 648 g/mol. The number of ether oxygens (including phenoxy) is 2. The Kier molecular flexibility index (Phi) is 8.49. The van der Waals surface area contributed by atoms with Crippen molar-refractivity contribution < 1.29 is 28.2 Å². The molecule has 13 heteroatoms. The molecule has 6 rings (SSSR count). The molecule has 240 valence electrons. The number of carbonyl (C=O) groups is 1. The fourth-order valence-electron chi connectivity index (χ4n) is 5.77. The molecule has 0 radical (unpaired) electrons. The Morgan fingerprint density at radius 2 is 2.02 bits per heavy atom. The number of halogens is 2. The molecule has 0 fully saturated rings. The van der Waals surface area contributed by atoms with E-state index in [0.717, 1.165) is 23.2 Å². The van der Waals surface area contributed by atoms with E-state index >= 15 is 4.39 Å². The number of hydrogen-bond donors (Lipinski definition) is 1. The van der Waals surface area contributed by atoms with Crippen LogP contribution in [0.15, 0.2) is 54.7 Å². The summed E-state index contributed by atoms with van der Waals surface area (Å²) in [5.41, 5.74) is 2.34. The van der Waals surface area contributed by atoms with Crippen LogP contribution in [0.25, 0.3) is 43.9 Å². The van der Waals surface area contributed by atoms with Gasteiger partial charge in [0.2, 0.25) is 5.91 Å². The second-order valence-corrected chi connectivity index (χ2v) is 12.8. The van der Waals surface area contributed by atoms with Crippen LogP contribution in [0.1, 0.15) is 32.5 Å². The fourth-order valence-corrected chi connectivity index (χ4v) is 6.72. The van der Waals surface area contributed by atoms with Crippen molar-refractivity contribution in [2.45, 2.75) is 45.5 Å². The number of hydrogen-bond acceptors (Lipinski definition) is 8. The van der Waals surface area contributed by atoms with Gasteiger partial charge in [-0.2, -0.15) is 10.2 Å². The van der Waals surface area contributed by atoms with Crippen LogP contribution in [0.4, 0.5) is 8.78 Å². The Morgan fingerprint density at radius 1 is 1.22 bits per heavy atom. The molecule has 1 aliphatic rings. The minimum absolute atomic E-state index is 0.0122. The first-order valence-electron chi connectivity index (χ1n) is 14.7. The predicted octanol–water partition coefficient (Wildman–Crippen LogP) is 5.85. The highest BCUT2D eigenvalue weighted by Gasteiger charge is 2.30. The summed E-state index contributed by atoms with van der Waals surface area (Å²) in [6.45, 7) is 10.3. The average Bonchev–Trinajstić information content (AvgIpc) is 3.76. The number of amides is 1. The van der Waals surface area contributed by atoms with E-state index in [1.165, 1.54) is 24.5 Å². The Hall–Kier alpha value is -4.46. The van der Waals surface area contributed by atoms with Crippen molar-refractivity contribution in [2.24, 2.45) is 0 Å². The summed E-state index contributed by atoms with van der Waals surface area (Å²) >= 11 is 1.39. The minimum atomic E-state index is -0.990. The van der Waals surface area contributed by atoms with Crippen molar-refractivity contribution in [3.63, 3.8) is 0 Å². The van der Waals surface area contributed by atoms with Crippen LogP contribution >= 0.6 is 11.3 Å². The first kappa shape index (κ1) is 31.5. The highest BCUT2D eigenvalue weighted by Crippen LogP contribution is 2.47. The number of nitrogens with zero attached hydrogens (tertiary/aromatic N) is 6. The van der Waals surface area contributed by atoms with Crippen molar-refractivity contribution in [1.82, 2.24) is 29.4 Å². The number of pyridine rings is 1. The first-order chi connectivity index (χ1) is 22.0. The van der Waals surface area contributed by atoms with E-state index < -0.39 is 17.2 Å². The summed E-state index contributed by atoms with van der Waals surface area (Å²) in [4.78, 5) is 19.3. The van der Waals surface area contributed by atoms with E-state index in [2.05, 4.69) is 11.7 Å². The molecule has 1 amide bonds. The molecule has 4 aromatic heterocycles. The van der Waals surface area contributed by atoms with Crippen LogP contribution in [0.2, 0.25) is 0 Å². The largest absolute Gasteiger partial charge is 0.490 e. The maximum atomic E-state index is 16.0. The number of fused-ring (bicyclic) bond motifs is 2. The van der Waals surface area contributed by atoms with Crippen molar-refractivity contribution >= 4 is 27.3 Å². The van der Waals surface area contributed by atoms with E-state index in [1.54, 1.807) is 35.8 Å². The minimum Gasteiger partial charge on any atom is -0.490 e. The number of methoxy groups -OCH3 is 1. The summed E-state index contributed by atoms with van der Waals surface area (Å²) in [6.07, 6.45) is 4.76. The molecule has 46 heavy (non-hydrogen) atoms. The van der Waals surface area contributed by atoms with Crippen LogP contribution in [0.3, 0.4) is 0 Å². The molecule has 1 N–H and O–H groups in total. The van der Waals surface area contributed by atoms with Crippen molar-refractivity contribution in [3.05, 3.63) is 72.0 Å². The van der Waals surface area contributed by atoms with Gasteiger partial charge >= 0.3 is 0 Å².